The van der Waals surface area contributed by atoms with Gasteiger partial charge in [0.15, 0.2) is 0 Å². The van der Waals surface area contributed by atoms with E-state index in [-0.39, 0.29) is 5.78 Å². The van der Waals surface area contributed by atoms with E-state index in [4.69, 9.17) is 5.11 Å². The number of aliphatic hydroxyl groups is 2. The molecule has 0 aliphatic carbocycles. The number of carbonyl (C=O) groups excluding carboxylic acids is 1. The summed E-state index contributed by atoms with van der Waals surface area (Å²) >= 11 is 4.04. The molecule has 0 unspecified atom stereocenters. The summed E-state index contributed by atoms with van der Waals surface area (Å²) in [5, 5.41) is 17.4. The number of unbranched alkanes of at least 4 members (excludes halogenated alkanes) is 4. The number of ketones is 1. The fraction of sp³-hybridized carbons (Fsp3) is 0.609. The first-order valence-corrected chi connectivity index (χ1v) is 10.7. The van der Waals surface area contributed by atoms with Crippen LogP contribution in [0.2, 0.25) is 0 Å². The minimum Gasteiger partial charge on any atom is -0.394 e. The van der Waals surface area contributed by atoms with Crippen LogP contribution in [0.1, 0.15) is 71.1 Å². The second-order valence-electron chi connectivity index (χ2n) is 6.64. The van der Waals surface area contributed by atoms with E-state index >= 15 is 0 Å². The summed E-state index contributed by atoms with van der Waals surface area (Å²) in [6.07, 6.45) is 26.3. The van der Waals surface area contributed by atoms with Gasteiger partial charge >= 0.3 is 0 Å². The molecule has 0 amide bonds. The van der Waals surface area contributed by atoms with Crippen molar-refractivity contribution in [2.75, 3.05) is 6.61 Å². The molecular formula is C23H38O3S. The molecule has 0 saturated heterocycles. The van der Waals surface area contributed by atoms with Crippen LogP contribution in [-0.4, -0.2) is 34.0 Å². The largest absolute Gasteiger partial charge is 0.394 e. The molecule has 0 rings (SSSR count). The summed E-state index contributed by atoms with van der Waals surface area (Å²) in [5.41, 5.74) is 0. The number of allylic oxidation sites excluding steroid dienone is 8. The second-order valence-corrected chi connectivity index (χ2v) is 7.20. The molecule has 0 aromatic rings. The van der Waals surface area contributed by atoms with Crippen LogP contribution in [0, 0.1) is 0 Å². The molecule has 0 aliphatic rings. The summed E-state index contributed by atoms with van der Waals surface area (Å²) in [6.45, 7) is 1.79. The van der Waals surface area contributed by atoms with Gasteiger partial charge in [0, 0.05) is 6.42 Å². The van der Waals surface area contributed by atoms with Crippen molar-refractivity contribution in [1.82, 2.24) is 0 Å². The van der Waals surface area contributed by atoms with Crippen LogP contribution < -0.4 is 0 Å². The van der Waals surface area contributed by atoms with E-state index in [1.165, 1.54) is 25.7 Å². The maximum Gasteiger partial charge on any atom is 0.148 e. The zero-order valence-electron chi connectivity index (χ0n) is 16.8. The van der Waals surface area contributed by atoms with Gasteiger partial charge in [-0.05, 0) is 44.9 Å². The van der Waals surface area contributed by atoms with Crippen molar-refractivity contribution >= 4 is 18.4 Å². The molecule has 0 radical (unpaired) electrons. The lowest BCUT2D eigenvalue weighted by molar-refractivity contribution is -0.120. The van der Waals surface area contributed by atoms with Crippen LogP contribution in [0.3, 0.4) is 0 Å². The Morgan fingerprint density at radius 1 is 0.852 bits per heavy atom. The minimum atomic E-state index is -1.07. The molecular weight excluding hydrogens is 356 g/mol. The van der Waals surface area contributed by atoms with Crippen LogP contribution in [0.4, 0.5) is 0 Å². The van der Waals surface area contributed by atoms with E-state index in [9.17, 15) is 9.90 Å². The van der Waals surface area contributed by atoms with Gasteiger partial charge in [-0.3, -0.25) is 4.79 Å². The number of hydrogen-bond acceptors (Lipinski definition) is 4. The first kappa shape index (κ1) is 25.9. The quantitative estimate of drug-likeness (QED) is 0.177. The molecule has 0 spiro atoms. The highest BCUT2D eigenvalue weighted by atomic mass is 32.1. The first-order valence-electron chi connectivity index (χ1n) is 10.2. The SMILES string of the molecule is CCCCC/C=C\C/C=C\C/C=C\C/C=C\CCCC(=O)[C@H](S)[C@@H](O)CO. The van der Waals surface area contributed by atoms with E-state index in [1.54, 1.807) is 0 Å². The molecule has 0 fully saturated rings. The van der Waals surface area contributed by atoms with E-state index in [2.05, 4.69) is 68.2 Å². The Labute approximate surface area is 171 Å². The van der Waals surface area contributed by atoms with Crippen LogP contribution in [0.15, 0.2) is 48.6 Å². The lowest BCUT2D eigenvalue weighted by atomic mass is 10.1. The highest BCUT2D eigenvalue weighted by Crippen LogP contribution is 2.09. The van der Waals surface area contributed by atoms with Crippen molar-refractivity contribution in [3.05, 3.63) is 48.6 Å². The first-order chi connectivity index (χ1) is 13.1. The van der Waals surface area contributed by atoms with Gasteiger partial charge in [0.25, 0.3) is 0 Å². The molecule has 27 heavy (non-hydrogen) atoms. The second kappa shape index (κ2) is 19.7. The number of carbonyl (C=O) groups is 1. The van der Waals surface area contributed by atoms with E-state index < -0.39 is 18.0 Å². The molecule has 0 saturated carbocycles. The number of rotatable bonds is 17. The molecule has 0 aromatic carbocycles. The molecule has 0 heterocycles. The van der Waals surface area contributed by atoms with E-state index in [0.717, 1.165) is 32.1 Å². The molecule has 4 heteroatoms. The van der Waals surface area contributed by atoms with Crippen molar-refractivity contribution in [3.8, 4) is 0 Å². The van der Waals surface area contributed by atoms with Crippen molar-refractivity contribution in [1.29, 1.82) is 0 Å². The minimum absolute atomic E-state index is 0.115. The number of aliphatic hydroxyl groups excluding tert-OH is 2. The third-order valence-electron chi connectivity index (χ3n) is 4.13. The number of hydrogen-bond donors (Lipinski definition) is 3. The predicted octanol–water partition coefficient (Wildman–Crippen LogP) is 5.35. The van der Waals surface area contributed by atoms with Gasteiger partial charge in [-0.1, -0.05) is 68.4 Å². The fourth-order valence-corrected chi connectivity index (χ4v) is 2.64. The fourth-order valence-electron chi connectivity index (χ4n) is 2.42. The van der Waals surface area contributed by atoms with Crippen LogP contribution in [-0.2, 0) is 4.79 Å². The molecule has 0 bridgehead atoms. The van der Waals surface area contributed by atoms with E-state index in [1.807, 2.05) is 0 Å². The topological polar surface area (TPSA) is 57.5 Å². The molecule has 0 aromatic heterocycles. The van der Waals surface area contributed by atoms with Crippen molar-refractivity contribution in [2.24, 2.45) is 0 Å². The van der Waals surface area contributed by atoms with Gasteiger partial charge in [-0.2, -0.15) is 12.6 Å². The van der Waals surface area contributed by atoms with Crippen LogP contribution >= 0.6 is 12.6 Å². The molecule has 3 nitrogen and oxygen atoms in total. The van der Waals surface area contributed by atoms with Gasteiger partial charge in [0.05, 0.1) is 18.0 Å². The molecule has 0 aliphatic heterocycles. The zero-order chi connectivity index (χ0) is 20.2. The van der Waals surface area contributed by atoms with Crippen molar-refractivity contribution < 1.29 is 15.0 Å². The maximum atomic E-state index is 11.7. The summed E-state index contributed by atoms with van der Waals surface area (Å²) in [5.74, 6) is -0.115. The summed E-state index contributed by atoms with van der Waals surface area (Å²) in [4.78, 5) is 11.7. The molecule has 154 valence electrons. The lowest BCUT2D eigenvalue weighted by Gasteiger charge is -2.13. The lowest BCUT2D eigenvalue weighted by Crippen LogP contribution is -2.31. The Balaban J connectivity index is 3.60. The Kier molecular flexibility index (Phi) is 18.9. The zero-order valence-corrected chi connectivity index (χ0v) is 17.7. The number of Topliss-reactive ketones (excluding diaryl/α,β-unsaturated/α-hetero) is 1. The third-order valence-corrected chi connectivity index (χ3v) is 4.77. The Hall–Kier alpha value is -1.10. The standard InChI is InChI=1S/C23H38O3S/c1-2-3-4-5-6-7-8-9-10-11-12-13-14-15-16-17-18-19-21(25)23(27)22(26)20-24/h6-7,9-10,12-13,15-16,22-24,26-27H,2-5,8,11,14,17-20H2,1H3/b7-6-,10-9-,13-12-,16-15-/t22-,23-/m0/s1. The van der Waals surface area contributed by atoms with Crippen molar-refractivity contribution in [3.63, 3.8) is 0 Å². The maximum absolute atomic E-state index is 11.7. The van der Waals surface area contributed by atoms with Gasteiger partial charge in [0.1, 0.15) is 5.78 Å². The average molecular weight is 395 g/mol. The van der Waals surface area contributed by atoms with Gasteiger partial charge in [0.2, 0.25) is 0 Å². The highest BCUT2D eigenvalue weighted by molar-refractivity contribution is 7.81. The molecule has 2 N–H and O–H groups in total. The summed E-state index contributed by atoms with van der Waals surface area (Å²) in [6, 6.07) is 0. The Morgan fingerprint density at radius 2 is 1.33 bits per heavy atom. The predicted molar refractivity (Wildman–Crippen MR) is 119 cm³/mol. The van der Waals surface area contributed by atoms with Gasteiger partial charge < -0.3 is 10.2 Å². The summed E-state index contributed by atoms with van der Waals surface area (Å²) < 4.78 is 0. The number of thiol groups is 1. The van der Waals surface area contributed by atoms with Gasteiger partial charge in [-0.15, -0.1) is 0 Å². The van der Waals surface area contributed by atoms with Crippen molar-refractivity contribution in [2.45, 2.75) is 82.5 Å². The van der Waals surface area contributed by atoms with E-state index in [0.29, 0.717) is 6.42 Å². The Morgan fingerprint density at radius 3 is 1.81 bits per heavy atom. The highest BCUT2D eigenvalue weighted by Gasteiger charge is 2.21. The summed E-state index contributed by atoms with van der Waals surface area (Å²) in [7, 11) is 0. The normalized spacial score (nSPS) is 14.8. The molecule has 2 atom stereocenters. The Bertz CT molecular complexity index is 466. The van der Waals surface area contributed by atoms with Gasteiger partial charge in [-0.25, -0.2) is 0 Å². The average Bonchev–Trinajstić information content (AvgIpc) is 2.68. The van der Waals surface area contributed by atoms with Crippen LogP contribution in [0.5, 0.6) is 0 Å². The van der Waals surface area contributed by atoms with Crippen LogP contribution in [0.25, 0.3) is 0 Å². The monoisotopic (exact) mass is 394 g/mol. The smallest absolute Gasteiger partial charge is 0.148 e. The third kappa shape index (κ3) is 16.8.